The normalized spacial score (nSPS) is 13.4. The summed E-state index contributed by atoms with van der Waals surface area (Å²) in [6.45, 7) is 0.661. The topological polar surface area (TPSA) is 0 Å². The highest BCUT2D eigenvalue weighted by Crippen LogP contribution is 2.43. The molecule has 1 aliphatic carbocycles. The van der Waals surface area contributed by atoms with Gasteiger partial charge in [-0.05, 0) is 22.3 Å². The Hall–Kier alpha value is -1.21. The fourth-order valence-electron chi connectivity index (χ4n) is 2.43. The standard InChI is InChI=1S/C13H10BCl/c15-14-13-11-7-3-1-5-9(11)10-6-2-4-8-12(10)13/h1-8,13-14H. The van der Waals surface area contributed by atoms with Gasteiger partial charge in [0.2, 0.25) is 6.69 Å². The van der Waals surface area contributed by atoms with Crippen LogP contribution in [0, 0.1) is 0 Å². The van der Waals surface area contributed by atoms with E-state index in [2.05, 4.69) is 48.5 Å². The van der Waals surface area contributed by atoms with E-state index in [1.165, 1.54) is 22.3 Å². The minimum absolute atomic E-state index is 0.374. The second-order valence-electron chi connectivity index (χ2n) is 3.88. The van der Waals surface area contributed by atoms with Gasteiger partial charge < -0.3 is 0 Å². The summed E-state index contributed by atoms with van der Waals surface area (Å²) in [5, 5.41) is 0. The zero-order valence-corrected chi connectivity index (χ0v) is 9.04. The van der Waals surface area contributed by atoms with Gasteiger partial charge in [-0.25, -0.2) is 0 Å². The molecule has 0 saturated carbocycles. The van der Waals surface area contributed by atoms with Crippen molar-refractivity contribution in [3.05, 3.63) is 59.7 Å². The van der Waals surface area contributed by atoms with E-state index in [0.717, 1.165) is 0 Å². The van der Waals surface area contributed by atoms with Gasteiger partial charge in [0.05, 0.1) is 0 Å². The Balaban J connectivity index is 2.31. The highest BCUT2D eigenvalue weighted by atomic mass is 35.5. The van der Waals surface area contributed by atoms with Gasteiger partial charge in [-0.15, -0.1) is 0 Å². The second-order valence-corrected chi connectivity index (χ2v) is 4.19. The van der Waals surface area contributed by atoms with E-state index >= 15 is 0 Å². The molecule has 3 rings (SSSR count). The van der Waals surface area contributed by atoms with Gasteiger partial charge in [-0.1, -0.05) is 48.5 Å². The van der Waals surface area contributed by atoms with Crippen molar-refractivity contribution in [2.45, 2.75) is 5.82 Å². The van der Waals surface area contributed by atoms with Crippen molar-refractivity contribution in [2.24, 2.45) is 0 Å². The summed E-state index contributed by atoms with van der Waals surface area (Å²) >= 11 is 6.06. The van der Waals surface area contributed by atoms with E-state index in [1.54, 1.807) is 0 Å². The molecule has 2 aromatic carbocycles. The first-order chi connectivity index (χ1) is 7.42. The number of rotatable bonds is 1. The summed E-state index contributed by atoms with van der Waals surface area (Å²) in [7, 11) is 0. The lowest BCUT2D eigenvalue weighted by Crippen LogP contribution is -2.00. The Kier molecular flexibility index (Phi) is 2.07. The van der Waals surface area contributed by atoms with Crippen molar-refractivity contribution >= 4 is 18.2 Å². The average Bonchev–Trinajstić information content (AvgIpc) is 2.63. The summed E-state index contributed by atoms with van der Waals surface area (Å²) < 4.78 is 0. The number of benzene rings is 2. The first-order valence-electron chi connectivity index (χ1n) is 5.16. The molecule has 0 radical (unpaired) electrons. The third kappa shape index (κ3) is 1.23. The van der Waals surface area contributed by atoms with E-state index in [9.17, 15) is 0 Å². The van der Waals surface area contributed by atoms with Crippen LogP contribution >= 0.6 is 11.5 Å². The van der Waals surface area contributed by atoms with Crippen LogP contribution in [0.5, 0.6) is 0 Å². The zero-order chi connectivity index (χ0) is 10.3. The maximum atomic E-state index is 6.06. The SMILES string of the molecule is ClBC1c2ccccc2-c2ccccc21. The van der Waals surface area contributed by atoms with Crippen molar-refractivity contribution in [3.63, 3.8) is 0 Å². The molecular formula is C13H10BCl. The van der Waals surface area contributed by atoms with E-state index in [1.807, 2.05) is 0 Å². The Morgan fingerprint density at radius 3 is 1.73 bits per heavy atom. The molecule has 72 valence electrons. The van der Waals surface area contributed by atoms with Crippen molar-refractivity contribution in [1.29, 1.82) is 0 Å². The zero-order valence-electron chi connectivity index (χ0n) is 8.28. The molecule has 0 N–H and O–H groups in total. The van der Waals surface area contributed by atoms with Crippen molar-refractivity contribution in [3.8, 4) is 11.1 Å². The van der Waals surface area contributed by atoms with Gasteiger partial charge >= 0.3 is 0 Å². The fourth-order valence-corrected chi connectivity index (χ4v) is 2.76. The minimum Gasteiger partial charge on any atom is -0.200 e. The van der Waals surface area contributed by atoms with Crippen molar-refractivity contribution in [2.75, 3.05) is 0 Å². The molecule has 0 nitrogen and oxygen atoms in total. The van der Waals surface area contributed by atoms with E-state index in [-0.39, 0.29) is 0 Å². The van der Waals surface area contributed by atoms with Crippen LogP contribution in [-0.4, -0.2) is 6.69 Å². The molecule has 0 aromatic heterocycles. The summed E-state index contributed by atoms with van der Waals surface area (Å²) in [6, 6.07) is 17.1. The highest BCUT2D eigenvalue weighted by Gasteiger charge is 2.27. The Morgan fingerprint density at radius 1 is 0.800 bits per heavy atom. The fraction of sp³-hybridized carbons (Fsp3) is 0.0769. The Bertz CT molecular complexity index is 462. The molecular weight excluding hydrogens is 202 g/mol. The largest absolute Gasteiger partial charge is 0.245 e. The third-order valence-electron chi connectivity index (χ3n) is 3.12. The Labute approximate surface area is 95.1 Å². The lowest BCUT2D eigenvalue weighted by molar-refractivity contribution is 1.20. The van der Waals surface area contributed by atoms with Crippen LogP contribution in [0.1, 0.15) is 16.9 Å². The molecule has 0 saturated heterocycles. The monoisotopic (exact) mass is 212 g/mol. The molecule has 15 heavy (non-hydrogen) atoms. The molecule has 0 heterocycles. The van der Waals surface area contributed by atoms with Crippen molar-refractivity contribution in [1.82, 2.24) is 0 Å². The maximum absolute atomic E-state index is 6.06. The van der Waals surface area contributed by atoms with Crippen molar-refractivity contribution < 1.29 is 0 Å². The smallest absolute Gasteiger partial charge is 0.200 e. The first kappa shape index (κ1) is 9.05. The quantitative estimate of drug-likeness (QED) is 0.636. The highest BCUT2D eigenvalue weighted by molar-refractivity contribution is 6.94. The van der Waals surface area contributed by atoms with E-state index in [4.69, 9.17) is 11.5 Å². The third-order valence-corrected chi connectivity index (χ3v) is 3.43. The summed E-state index contributed by atoms with van der Waals surface area (Å²) in [6.07, 6.45) is 0. The van der Waals surface area contributed by atoms with Crippen LogP contribution < -0.4 is 0 Å². The van der Waals surface area contributed by atoms with Crippen LogP contribution in [0.15, 0.2) is 48.5 Å². The first-order valence-corrected chi connectivity index (χ1v) is 5.69. The number of halogens is 1. The van der Waals surface area contributed by atoms with Crippen LogP contribution in [0.2, 0.25) is 0 Å². The number of fused-ring (bicyclic) bond motifs is 3. The minimum atomic E-state index is 0.374. The van der Waals surface area contributed by atoms with Crippen LogP contribution in [0.4, 0.5) is 0 Å². The van der Waals surface area contributed by atoms with Crippen LogP contribution in [0.25, 0.3) is 11.1 Å². The van der Waals surface area contributed by atoms with Gasteiger partial charge in [0.15, 0.2) is 0 Å². The number of hydrogen-bond acceptors (Lipinski definition) is 0. The van der Waals surface area contributed by atoms with Crippen LogP contribution in [-0.2, 0) is 0 Å². The summed E-state index contributed by atoms with van der Waals surface area (Å²) in [5.41, 5.74) is 5.43. The number of hydrogen-bond donors (Lipinski definition) is 0. The van der Waals surface area contributed by atoms with E-state index < -0.39 is 0 Å². The molecule has 0 unspecified atom stereocenters. The Morgan fingerprint density at radius 2 is 1.27 bits per heavy atom. The van der Waals surface area contributed by atoms with Gasteiger partial charge in [-0.2, -0.15) is 11.5 Å². The van der Waals surface area contributed by atoms with Gasteiger partial charge in [-0.3, -0.25) is 0 Å². The predicted molar refractivity (Wildman–Crippen MR) is 66.7 cm³/mol. The molecule has 2 heteroatoms. The molecule has 1 aliphatic rings. The van der Waals surface area contributed by atoms with E-state index in [0.29, 0.717) is 12.5 Å². The molecule has 0 fully saturated rings. The maximum Gasteiger partial charge on any atom is 0.245 e. The van der Waals surface area contributed by atoms with Crippen LogP contribution in [0.3, 0.4) is 0 Å². The molecule has 0 aliphatic heterocycles. The molecule has 2 aromatic rings. The summed E-state index contributed by atoms with van der Waals surface area (Å²) in [5.74, 6) is 0.374. The average molecular weight is 212 g/mol. The van der Waals surface area contributed by atoms with Gasteiger partial charge in [0.25, 0.3) is 0 Å². The molecule has 0 bridgehead atoms. The summed E-state index contributed by atoms with van der Waals surface area (Å²) in [4.78, 5) is 0. The molecule has 0 amide bonds. The van der Waals surface area contributed by atoms with Gasteiger partial charge in [0, 0.05) is 5.82 Å². The lowest BCUT2D eigenvalue weighted by atomic mass is 9.78. The molecule has 0 atom stereocenters. The van der Waals surface area contributed by atoms with Gasteiger partial charge in [0.1, 0.15) is 0 Å². The lowest BCUT2D eigenvalue weighted by Gasteiger charge is -2.07. The second kappa shape index (κ2) is 3.43. The predicted octanol–water partition coefficient (Wildman–Crippen LogP) is 3.35. The molecule has 0 spiro atoms.